The SMILES string of the molecule is O=C(Cc1ccc(C(F)(F)F)cc1)Nc1ncn(Cc2ccc(Br)cc2)n1. The highest BCUT2D eigenvalue weighted by atomic mass is 79.9. The van der Waals surface area contributed by atoms with Crippen LogP contribution in [0.3, 0.4) is 0 Å². The highest BCUT2D eigenvalue weighted by molar-refractivity contribution is 9.10. The fraction of sp³-hybridized carbons (Fsp3) is 0.167. The molecule has 0 saturated carbocycles. The average Bonchev–Trinajstić information content (AvgIpc) is 3.03. The van der Waals surface area contributed by atoms with Crippen molar-refractivity contribution in [2.45, 2.75) is 19.1 Å². The third kappa shape index (κ3) is 5.40. The minimum atomic E-state index is -4.40. The van der Waals surface area contributed by atoms with Gasteiger partial charge in [0.25, 0.3) is 0 Å². The molecule has 1 N–H and O–H groups in total. The average molecular weight is 439 g/mol. The fourth-order valence-electron chi connectivity index (χ4n) is 2.37. The molecule has 0 spiro atoms. The summed E-state index contributed by atoms with van der Waals surface area (Å²) < 4.78 is 40.2. The van der Waals surface area contributed by atoms with Gasteiger partial charge in [0.15, 0.2) is 0 Å². The topological polar surface area (TPSA) is 59.8 Å². The number of carbonyl (C=O) groups is 1. The van der Waals surface area contributed by atoms with Gasteiger partial charge in [-0.05, 0) is 35.4 Å². The highest BCUT2D eigenvalue weighted by Crippen LogP contribution is 2.29. The molecule has 0 aliphatic carbocycles. The van der Waals surface area contributed by atoms with E-state index in [9.17, 15) is 18.0 Å². The molecule has 0 radical (unpaired) electrons. The quantitative estimate of drug-likeness (QED) is 0.646. The van der Waals surface area contributed by atoms with Crippen molar-refractivity contribution in [2.75, 3.05) is 5.32 Å². The molecule has 140 valence electrons. The van der Waals surface area contributed by atoms with Gasteiger partial charge in [-0.1, -0.05) is 40.2 Å². The first-order valence-corrected chi connectivity index (χ1v) is 8.69. The van der Waals surface area contributed by atoms with E-state index in [-0.39, 0.29) is 12.4 Å². The molecule has 0 fully saturated rings. The molecule has 3 rings (SSSR count). The summed E-state index contributed by atoms with van der Waals surface area (Å²) in [6, 6.07) is 12.2. The van der Waals surface area contributed by atoms with Crippen molar-refractivity contribution < 1.29 is 18.0 Å². The van der Waals surface area contributed by atoms with Crippen molar-refractivity contribution in [3.05, 3.63) is 76.0 Å². The van der Waals surface area contributed by atoms with Gasteiger partial charge in [-0.25, -0.2) is 9.67 Å². The van der Waals surface area contributed by atoms with Crippen LogP contribution in [-0.2, 0) is 23.9 Å². The van der Waals surface area contributed by atoms with E-state index in [4.69, 9.17) is 0 Å². The summed E-state index contributed by atoms with van der Waals surface area (Å²) in [7, 11) is 0. The van der Waals surface area contributed by atoms with Crippen molar-refractivity contribution in [2.24, 2.45) is 0 Å². The Morgan fingerprint density at radius 1 is 1.04 bits per heavy atom. The number of halogens is 4. The molecule has 1 amide bonds. The van der Waals surface area contributed by atoms with Crippen LogP contribution in [0.5, 0.6) is 0 Å². The van der Waals surface area contributed by atoms with Crippen LogP contribution >= 0.6 is 15.9 Å². The van der Waals surface area contributed by atoms with Gasteiger partial charge in [-0.15, -0.1) is 5.10 Å². The second-order valence-electron chi connectivity index (χ2n) is 5.81. The van der Waals surface area contributed by atoms with Gasteiger partial charge in [0.2, 0.25) is 11.9 Å². The number of nitrogens with zero attached hydrogens (tertiary/aromatic N) is 3. The van der Waals surface area contributed by atoms with Crippen molar-refractivity contribution in [3.63, 3.8) is 0 Å². The number of nitrogens with one attached hydrogen (secondary N) is 1. The molecule has 0 saturated heterocycles. The molecule has 0 atom stereocenters. The van der Waals surface area contributed by atoms with Crippen molar-refractivity contribution in [3.8, 4) is 0 Å². The van der Waals surface area contributed by atoms with Crippen LogP contribution in [0, 0.1) is 0 Å². The molecule has 0 bridgehead atoms. The van der Waals surface area contributed by atoms with E-state index < -0.39 is 17.6 Å². The first-order chi connectivity index (χ1) is 12.8. The number of rotatable bonds is 5. The minimum Gasteiger partial charge on any atom is -0.293 e. The summed E-state index contributed by atoms with van der Waals surface area (Å²) in [4.78, 5) is 16.1. The second-order valence-corrected chi connectivity index (χ2v) is 6.73. The number of amides is 1. The Labute approximate surface area is 161 Å². The van der Waals surface area contributed by atoms with Crippen LogP contribution in [0.4, 0.5) is 19.1 Å². The van der Waals surface area contributed by atoms with E-state index in [2.05, 4.69) is 31.3 Å². The molecular weight excluding hydrogens is 425 g/mol. The molecular formula is C18H14BrF3N4O. The van der Waals surface area contributed by atoms with Crippen molar-refractivity contribution in [1.82, 2.24) is 14.8 Å². The van der Waals surface area contributed by atoms with E-state index in [1.165, 1.54) is 18.5 Å². The Morgan fingerprint density at radius 2 is 1.67 bits per heavy atom. The fourth-order valence-corrected chi connectivity index (χ4v) is 2.64. The van der Waals surface area contributed by atoms with Crippen molar-refractivity contribution >= 4 is 27.8 Å². The second kappa shape index (κ2) is 7.91. The number of benzene rings is 2. The molecule has 5 nitrogen and oxygen atoms in total. The predicted molar refractivity (Wildman–Crippen MR) is 97.0 cm³/mol. The Balaban J connectivity index is 1.57. The maximum Gasteiger partial charge on any atom is 0.416 e. The minimum absolute atomic E-state index is 0.0701. The van der Waals surface area contributed by atoms with Gasteiger partial charge in [0.05, 0.1) is 18.5 Å². The summed E-state index contributed by atoms with van der Waals surface area (Å²) in [6.45, 7) is 0.495. The smallest absolute Gasteiger partial charge is 0.293 e. The summed E-state index contributed by atoms with van der Waals surface area (Å²) in [6.07, 6.45) is -2.97. The number of anilines is 1. The molecule has 0 unspecified atom stereocenters. The first kappa shape index (κ1) is 19.1. The molecule has 1 aromatic heterocycles. The van der Waals surface area contributed by atoms with Gasteiger partial charge in [-0.2, -0.15) is 13.2 Å². The third-order valence-electron chi connectivity index (χ3n) is 3.69. The Bertz CT molecular complexity index is 921. The number of alkyl halides is 3. The zero-order chi connectivity index (χ0) is 19.4. The highest BCUT2D eigenvalue weighted by Gasteiger charge is 2.29. The van der Waals surface area contributed by atoms with Gasteiger partial charge in [0, 0.05) is 4.47 Å². The summed E-state index contributed by atoms with van der Waals surface area (Å²) >= 11 is 3.36. The number of hydrogen-bond acceptors (Lipinski definition) is 3. The van der Waals surface area contributed by atoms with E-state index in [1.807, 2.05) is 24.3 Å². The van der Waals surface area contributed by atoms with Crippen LogP contribution in [0.2, 0.25) is 0 Å². The molecule has 3 aromatic rings. The summed E-state index contributed by atoms with van der Waals surface area (Å²) in [5.74, 6) is -0.264. The Kier molecular flexibility index (Phi) is 5.59. The monoisotopic (exact) mass is 438 g/mol. The largest absolute Gasteiger partial charge is 0.416 e. The van der Waals surface area contributed by atoms with E-state index in [0.29, 0.717) is 12.1 Å². The molecule has 27 heavy (non-hydrogen) atoms. The van der Waals surface area contributed by atoms with E-state index in [1.54, 1.807) is 4.68 Å². The van der Waals surface area contributed by atoms with Crippen LogP contribution < -0.4 is 5.32 Å². The lowest BCUT2D eigenvalue weighted by molar-refractivity contribution is -0.137. The number of aromatic nitrogens is 3. The van der Waals surface area contributed by atoms with Gasteiger partial charge >= 0.3 is 6.18 Å². The number of carbonyl (C=O) groups excluding carboxylic acids is 1. The lowest BCUT2D eigenvalue weighted by Crippen LogP contribution is -2.16. The van der Waals surface area contributed by atoms with E-state index >= 15 is 0 Å². The zero-order valence-electron chi connectivity index (χ0n) is 13.9. The molecule has 9 heteroatoms. The van der Waals surface area contributed by atoms with Crippen LogP contribution in [0.1, 0.15) is 16.7 Å². The molecule has 0 aliphatic rings. The zero-order valence-corrected chi connectivity index (χ0v) is 15.5. The van der Waals surface area contributed by atoms with Crippen molar-refractivity contribution in [1.29, 1.82) is 0 Å². The summed E-state index contributed by atoms with van der Waals surface area (Å²) in [5.41, 5.74) is 0.737. The lowest BCUT2D eigenvalue weighted by atomic mass is 10.1. The van der Waals surface area contributed by atoms with Gasteiger partial charge in [0.1, 0.15) is 6.33 Å². The van der Waals surface area contributed by atoms with E-state index in [0.717, 1.165) is 22.2 Å². The van der Waals surface area contributed by atoms with Gasteiger partial charge in [-0.3, -0.25) is 10.1 Å². The van der Waals surface area contributed by atoms with Crippen LogP contribution in [0.25, 0.3) is 0 Å². The van der Waals surface area contributed by atoms with Crippen LogP contribution in [-0.4, -0.2) is 20.7 Å². The third-order valence-corrected chi connectivity index (χ3v) is 4.22. The van der Waals surface area contributed by atoms with Gasteiger partial charge < -0.3 is 0 Å². The number of hydrogen-bond donors (Lipinski definition) is 1. The summed E-state index contributed by atoms with van der Waals surface area (Å²) in [5, 5.41) is 6.71. The standard InChI is InChI=1S/C18H14BrF3N4O/c19-15-7-3-13(4-8-15)10-26-11-23-17(25-26)24-16(27)9-12-1-5-14(6-2-12)18(20,21)22/h1-8,11H,9-10H2,(H,24,25,27). The molecule has 1 heterocycles. The lowest BCUT2D eigenvalue weighted by Gasteiger charge is -2.07. The Hall–Kier alpha value is -2.68. The first-order valence-electron chi connectivity index (χ1n) is 7.89. The maximum absolute atomic E-state index is 12.5. The Morgan fingerprint density at radius 3 is 2.30 bits per heavy atom. The van der Waals surface area contributed by atoms with Crippen LogP contribution in [0.15, 0.2) is 59.3 Å². The predicted octanol–water partition coefficient (Wildman–Crippen LogP) is 4.29. The molecule has 2 aromatic carbocycles. The normalized spacial score (nSPS) is 11.4. The maximum atomic E-state index is 12.5. The molecule has 0 aliphatic heterocycles.